The van der Waals surface area contributed by atoms with Gasteiger partial charge in [-0.25, -0.2) is 0 Å². The predicted molar refractivity (Wildman–Crippen MR) is 75.0 cm³/mol. The highest BCUT2D eigenvalue weighted by Gasteiger charge is 2.46. The maximum absolute atomic E-state index is 12.7. The Morgan fingerprint density at radius 3 is 2.75 bits per heavy atom. The fourth-order valence-electron chi connectivity index (χ4n) is 2.66. The first-order valence-corrected chi connectivity index (χ1v) is 7.06. The molecular formula is C15H22N2O3. The molecule has 20 heavy (non-hydrogen) atoms. The molecule has 2 heterocycles. The number of piperazine rings is 1. The van der Waals surface area contributed by atoms with Gasteiger partial charge in [0.1, 0.15) is 17.3 Å². The van der Waals surface area contributed by atoms with Crippen molar-refractivity contribution >= 4 is 11.8 Å². The van der Waals surface area contributed by atoms with Gasteiger partial charge in [0, 0.05) is 12.5 Å². The van der Waals surface area contributed by atoms with E-state index in [1.165, 1.54) is 0 Å². The maximum atomic E-state index is 12.7. The Kier molecular flexibility index (Phi) is 3.88. The molecule has 2 amide bonds. The lowest BCUT2D eigenvalue weighted by Gasteiger charge is -2.45. The molecule has 2 rings (SSSR count). The summed E-state index contributed by atoms with van der Waals surface area (Å²) < 4.78 is 5.33. The van der Waals surface area contributed by atoms with Gasteiger partial charge in [0.15, 0.2) is 0 Å². The SMILES string of the molecule is CCC1(C)NC(=O)C(C)N(C(C)Cc2ccco2)C1=O. The number of nitrogens with one attached hydrogen (secondary N) is 1. The van der Waals surface area contributed by atoms with Crippen molar-refractivity contribution in [3.05, 3.63) is 24.2 Å². The summed E-state index contributed by atoms with van der Waals surface area (Å²) in [6, 6.07) is 3.17. The first-order chi connectivity index (χ1) is 9.39. The highest BCUT2D eigenvalue weighted by molar-refractivity contribution is 5.99. The monoisotopic (exact) mass is 278 g/mol. The Balaban J connectivity index is 2.22. The maximum Gasteiger partial charge on any atom is 0.248 e. The average Bonchev–Trinajstić information content (AvgIpc) is 2.89. The van der Waals surface area contributed by atoms with Crippen LogP contribution in [0.1, 0.15) is 39.9 Å². The van der Waals surface area contributed by atoms with Gasteiger partial charge in [-0.15, -0.1) is 0 Å². The third-order valence-corrected chi connectivity index (χ3v) is 4.16. The number of rotatable bonds is 4. The second-order valence-corrected chi connectivity index (χ2v) is 5.70. The van der Waals surface area contributed by atoms with Gasteiger partial charge in [-0.2, -0.15) is 0 Å². The van der Waals surface area contributed by atoms with Crippen LogP contribution in [0.15, 0.2) is 22.8 Å². The standard InChI is InChI=1S/C15H22N2O3/c1-5-15(4)14(19)17(11(3)13(18)16-15)10(2)9-12-7-6-8-20-12/h6-8,10-11H,5,9H2,1-4H3,(H,16,18). The van der Waals surface area contributed by atoms with E-state index >= 15 is 0 Å². The Hall–Kier alpha value is -1.78. The first kappa shape index (κ1) is 14.6. The largest absolute Gasteiger partial charge is 0.469 e. The molecule has 3 atom stereocenters. The van der Waals surface area contributed by atoms with Crippen molar-refractivity contribution in [1.29, 1.82) is 0 Å². The van der Waals surface area contributed by atoms with Crippen LogP contribution in [0, 0.1) is 0 Å². The van der Waals surface area contributed by atoms with Gasteiger partial charge >= 0.3 is 0 Å². The summed E-state index contributed by atoms with van der Waals surface area (Å²) in [6.45, 7) is 7.40. The zero-order valence-corrected chi connectivity index (χ0v) is 12.5. The van der Waals surface area contributed by atoms with Crippen LogP contribution < -0.4 is 5.32 Å². The number of nitrogens with zero attached hydrogens (tertiary/aromatic N) is 1. The van der Waals surface area contributed by atoms with Crippen LogP contribution >= 0.6 is 0 Å². The van der Waals surface area contributed by atoms with Gasteiger partial charge in [-0.1, -0.05) is 6.92 Å². The average molecular weight is 278 g/mol. The smallest absolute Gasteiger partial charge is 0.248 e. The minimum absolute atomic E-state index is 0.0221. The summed E-state index contributed by atoms with van der Waals surface area (Å²) in [5, 5.41) is 2.83. The predicted octanol–water partition coefficient (Wildman–Crippen LogP) is 1.73. The molecule has 0 radical (unpaired) electrons. The molecule has 5 nitrogen and oxygen atoms in total. The minimum atomic E-state index is -0.805. The van der Waals surface area contributed by atoms with E-state index in [0.29, 0.717) is 12.8 Å². The molecule has 1 N–H and O–H groups in total. The van der Waals surface area contributed by atoms with Gasteiger partial charge in [-0.05, 0) is 39.3 Å². The molecule has 110 valence electrons. The molecule has 1 saturated heterocycles. The molecule has 0 saturated carbocycles. The summed E-state index contributed by atoms with van der Waals surface area (Å²) in [4.78, 5) is 26.5. The van der Waals surface area contributed by atoms with Gasteiger partial charge in [0.2, 0.25) is 11.8 Å². The Bertz CT molecular complexity index is 497. The first-order valence-electron chi connectivity index (χ1n) is 7.06. The molecule has 1 aromatic heterocycles. The molecule has 5 heteroatoms. The van der Waals surface area contributed by atoms with E-state index in [0.717, 1.165) is 5.76 Å². The molecule has 1 aliphatic rings. The van der Waals surface area contributed by atoms with E-state index in [1.807, 2.05) is 26.0 Å². The summed E-state index contributed by atoms with van der Waals surface area (Å²) >= 11 is 0. The van der Waals surface area contributed by atoms with E-state index in [-0.39, 0.29) is 17.9 Å². The zero-order valence-electron chi connectivity index (χ0n) is 12.5. The molecule has 0 spiro atoms. The highest BCUT2D eigenvalue weighted by Crippen LogP contribution is 2.24. The van der Waals surface area contributed by atoms with Crippen LogP contribution in [0.4, 0.5) is 0 Å². The third-order valence-electron chi connectivity index (χ3n) is 4.16. The second-order valence-electron chi connectivity index (χ2n) is 5.70. The van der Waals surface area contributed by atoms with E-state index in [2.05, 4.69) is 5.32 Å². The number of carbonyl (C=O) groups is 2. The lowest BCUT2D eigenvalue weighted by Crippen LogP contribution is -2.70. The number of amides is 2. The molecule has 1 fully saturated rings. The molecule has 3 unspecified atom stereocenters. The number of carbonyl (C=O) groups excluding carboxylic acids is 2. The van der Waals surface area contributed by atoms with Crippen molar-refractivity contribution in [1.82, 2.24) is 10.2 Å². The lowest BCUT2D eigenvalue weighted by atomic mass is 9.90. The Morgan fingerprint density at radius 1 is 1.50 bits per heavy atom. The third kappa shape index (κ3) is 2.44. The number of hydrogen-bond donors (Lipinski definition) is 1. The van der Waals surface area contributed by atoms with E-state index < -0.39 is 11.6 Å². The van der Waals surface area contributed by atoms with Gasteiger partial charge in [-0.3, -0.25) is 9.59 Å². The summed E-state index contributed by atoms with van der Waals surface area (Å²) in [5.41, 5.74) is -0.805. The highest BCUT2D eigenvalue weighted by atomic mass is 16.3. The van der Waals surface area contributed by atoms with Crippen LogP contribution in [-0.2, 0) is 16.0 Å². The topological polar surface area (TPSA) is 62.6 Å². The second kappa shape index (κ2) is 5.31. The van der Waals surface area contributed by atoms with Crippen molar-refractivity contribution in [2.45, 2.75) is 58.2 Å². The fourth-order valence-corrected chi connectivity index (χ4v) is 2.66. The van der Waals surface area contributed by atoms with Crippen molar-refractivity contribution in [3.8, 4) is 0 Å². The molecule has 1 aliphatic heterocycles. The Morgan fingerprint density at radius 2 is 2.20 bits per heavy atom. The lowest BCUT2D eigenvalue weighted by molar-refractivity contribution is -0.156. The van der Waals surface area contributed by atoms with Gasteiger partial charge in [0.05, 0.1) is 6.26 Å². The molecule has 1 aromatic rings. The van der Waals surface area contributed by atoms with Crippen molar-refractivity contribution < 1.29 is 14.0 Å². The fraction of sp³-hybridized carbons (Fsp3) is 0.600. The summed E-state index contributed by atoms with van der Waals surface area (Å²) in [6.07, 6.45) is 2.80. The van der Waals surface area contributed by atoms with Crippen LogP contribution in [-0.4, -0.2) is 34.3 Å². The van der Waals surface area contributed by atoms with Crippen molar-refractivity contribution in [2.24, 2.45) is 0 Å². The van der Waals surface area contributed by atoms with Crippen LogP contribution in [0.2, 0.25) is 0 Å². The normalized spacial score (nSPS) is 28.4. The van der Waals surface area contributed by atoms with E-state index in [4.69, 9.17) is 4.42 Å². The molecule has 0 bridgehead atoms. The van der Waals surface area contributed by atoms with Crippen molar-refractivity contribution in [2.75, 3.05) is 0 Å². The molecule has 0 aromatic carbocycles. The van der Waals surface area contributed by atoms with E-state index in [9.17, 15) is 9.59 Å². The van der Waals surface area contributed by atoms with Crippen LogP contribution in [0.3, 0.4) is 0 Å². The van der Waals surface area contributed by atoms with Crippen LogP contribution in [0.5, 0.6) is 0 Å². The zero-order chi connectivity index (χ0) is 14.9. The minimum Gasteiger partial charge on any atom is -0.469 e. The van der Waals surface area contributed by atoms with Crippen molar-refractivity contribution in [3.63, 3.8) is 0 Å². The molecule has 0 aliphatic carbocycles. The van der Waals surface area contributed by atoms with Gasteiger partial charge in [0.25, 0.3) is 0 Å². The number of furan rings is 1. The van der Waals surface area contributed by atoms with Crippen LogP contribution in [0.25, 0.3) is 0 Å². The number of hydrogen-bond acceptors (Lipinski definition) is 3. The quantitative estimate of drug-likeness (QED) is 0.912. The summed E-state index contributed by atoms with van der Waals surface area (Å²) in [7, 11) is 0. The summed E-state index contributed by atoms with van der Waals surface area (Å²) in [5.74, 6) is 0.702. The Labute approximate surface area is 119 Å². The molecular weight excluding hydrogens is 256 g/mol. The van der Waals surface area contributed by atoms with E-state index in [1.54, 1.807) is 25.0 Å². The van der Waals surface area contributed by atoms with Gasteiger partial charge < -0.3 is 14.6 Å².